The highest BCUT2D eigenvalue weighted by Gasteiger charge is 2.50. The number of halogens is 3. The van der Waals surface area contributed by atoms with Crippen LogP contribution in [0.3, 0.4) is 0 Å². The summed E-state index contributed by atoms with van der Waals surface area (Å²) in [6.07, 6.45) is 1.96. The number of ketones is 1. The largest absolute Gasteiger partial charge is 0.464 e. The summed E-state index contributed by atoms with van der Waals surface area (Å²) in [5, 5.41) is 10.8. The summed E-state index contributed by atoms with van der Waals surface area (Å²) >= 11 is 0. The van der Waals surface area contributed by atoms with Gasteiger partial charge in [-0.25, -0.2) is 0 Å². The number of alkyl halides is 3. The second-order valence-corrected chi connectivity index (χ2v) is 15.3. The number of hydrogen-bond donors (Lipinski definition) is 4. The van der Waals surface area contributed by atoms with E-state index in [1.807, 2.05) is 30.3 Å². The van der Waals surface area contributed by atoms with Gasteiger partial charge in [-0.3, -0.25) is 24.0 Å². The molecule has 1 heterocycles. The zero-order chi connectivity index (χ0) is 39.8. The number of carbonyl (C=O) groups excluding carboxylic acids is 5. The van der Waals surface area contributed by atoms with Gasteiger partial charge in [-0.15, -0.1) is 0 Å². The Hall–Kier alpha value is -4.56. The number of carbonyl (C=O) groups is 5. The molecule has 2 aliphatic carbocycles. The molecule has 3 fully saturated rings. The smallest absolute Gasteiger partial charge is 0.427 e. The highest BCUT2D eigenvalue weighted by molar-refractivity contribution is 6.38. The Labute approximate surface area is 315 Å². The predicted octanol–water partition coefficient (Wildman–Crippen LogP) is 4.25. The SMILES string of the molecule is C=C(NC(C(=O)N1CCCC1C(=O)NC(CC1CC1)C(=O)C(=O)NCC(=O)NC(C(=C)N(C)C)c1ccccc1)C1CCCCC1)OC(C)(C)C(F)(F)F. The maximum absolute atomic E-state index is 14.2. The third-order valence-electron chi connectivity index (χ3n) is 10.5. The monoisotopic (exact) mass is 760 g/mol. The molecule has 54 heavy (non-hydrogen) atoms. The van der Waals surface area contributed by atoms with Crippen LogP contribution in [-0.2, 0) is 28.7 Å². The zero-order valence-electron chi connectivity index (χ0n) is 31.7. The summed E-state index contributed by atoms with van der Waals surface area (Å²) in [4.78, 5) is 70.7. The van der Waals surface area contributed by atoms with Crippen molar-refractivity contribution in [3.05, 3.63) is 60.6 Å². The molecule has 0 aromatic heterocycles. The van der Waals surface area contributed by atoms with Crippen LogP contribution in [0.15, 0.2) is 55.1 Å². The van der Waals surface area contributed by atoms with E-state index in [1.165, 1.54) is 4.90 Å². The van der Waals surface area contributed by atoms with Crippen LogP contribution in [0.25, 0.3) is 0 Å². The van der Waals surface area contributed by atoms with E-state index in [0.717, 1.165) is 51.5 Å². The molecular formula is C39H55F3N6O6. The molecule has 4 rings (SSSR count). The Kier molecular flexibility index (Phi) is 14.2. The summed E-state index contributed by atoms with van der Waals surface area (Å²) in [5.74, 6) is -4.03. The molecule has 2 saturated carbocycles. The molecule has 1 aromatic rings. The molecule has 1 aromatic carbocycles. The Bertz CT molecular complexity index is 1540. The first kappa shape index (κ1) is 42.2. The van der Waals surface area contributed by atoms with Crippen LogP contribution in [0.1, 0.15) is 89.7 Å². The molecule has 298 valence electrons. The van der Waals surface area contributed by atoms with Gasteiger partial charge in [-0.05, 0) is 69.9 Å². The highest BCUT2D eigenvalue weighted by Crippen LogP contribution is 2.36. The number of hydrogen-bond acceptors (Lipinski definition) is 8. The fraction of sp³-hybridized carbons (Fsp3) is 0.615. The number of rotatable bonds is 18. The van der Waals surface area contributed by atoms with Crippen LogP contribution in [0.5, 0.6) is 0 Å². The van der Waals surface area contributed by atoms with Gasteiger partial charge in [-0.2, -0.15) is 13.2 Å². The first-order valence-electron chi connectivity index (χ1n) is 18.7. The molecule has 0 bridgehead atoms. The van der Waals surface area contributed by atoms with E-state index in [-0.39, 0.29) is 24.8 Å². The second-order valence-electron chi connectivity index (χ2n) is 15.3. The van der Waals surface area contributed by atoms with E-state index in [0.29, 0.717) is 31.4 Å². The Morgan fingerprint density at radius 1 is 0.907 bits per heavy atom. The lowest BCUT2D eigenvalue weighted by molar-refractivity contribution is -0.253. The van der Waals surface area contributed by atoms with Crippen molar-refractivity contribution in [2.45, 2.75) is 114 Å². The van der Waals surface area contributed by atoms with Gasteiger partial charge >= 0.3 is 6.18 Å². The Balaban J connectivity index is 1.41. The van der Waals surface area contributed by atoms with Gasteiger partial charge < -0.3 is 35.8 Å². The number of ether oxygens (including phenoxy) is 1. The van der Waals surface area contributed by atoms with Gasteiger partial charge in [0.05, 0.1) is 18.6 Å². The number of nitrogens with zero attached hydrogens (tertiary/aromatic N) is 2. The summed E-state index contributed by atoms with van der Waals surface area (Å²) in [7, 11) is 3.59. The molecule has 3 aliphatic rings. The van der Waals surface area contributed by atoms with Crippen LogP contribution in [0.4, 0.5) is 13.2 Å². The van der Waals surface area contributed by atoms with Crippen molar-refractivity contribution in [1.82, 2.24) is 31.1 Å². The second kappa shape index (κ2) is 18.2. The lowest BCUT2D eigenvalue weighted by Gasteiger charge is -2.37. The molecule has 4 unspecified atom stereocenters. The average molecular weight is 761 g/mol. The lowest BCUT2D eigenvalue weighted by Crippen LogP contribution is -2.57. The van der Waals surface area contributed by atoms with Crippen molar-refractivity contribution in [2.24, 2.45) is 11.8 Å². The van der Waals surface area contributed by atoms with Gasteiger partial charge in [0.2, 0.25) is 23.5 Å². The van der Waals surface area contributed by atoms with Crippen LogP contribution in [0.2, 0.25) is 0 Å². The van der Waals surface area contributed by atoms with E-state index >= 15 is 0 Å². The Morgan fingerprint density at radius 3 is 2.15 bits per heavy atom. The minimum absolute atomic E-state index is 0.132. The van der Waals surface area contributed by atoms with E-state index in [4.69, 9.17) is 4.74 Å². The molecule has 15 heteroatoms. The standard InChI is InChI=1S/C39H55F3N6O6/c1-24(47(5)6)32(27-14-9-7-10-15-27)46-31(49)23-43-36(52)34(50)29(22-26-19-20-26)45-35(51)30-18-13-21-48(30)37(53)33(28-16-11-8-12-17-28)44-25(2)54-38(3,4)39(40,41)42/h7,9-10,14-15,26,28-30,32-33,44H,1-2,8,11-13,16-23H2,3-6H3,(H,43,52)(H,45,51)(H,46,49). The molecule has 0 spiro atoms. The number of Topliss-reactive ketones (excluding diaryl/α,β-unsaturated/α-hetero) is 1. The van der Waals surface area contributed by atoms with Gasteiger partial charge in [-0.1, -0.05) is 69.0 Å². The van der Waals surface area contributed by atoms with Gasteiger partial charge in [0, 0.05) is 26.3 Å². The van der Waals surface area contributed by atoms with Crippen molar-refractivity contribution in [1.29, 1.82) is 0 Å². The van der Waals surface area contributed by atoms with Crippen LogP contribution >= 0.6 is 0 Å². The maximum atomic E-state index is 14.2. The number of nitrogens with one attached hydrogen (secondary N) is 4. The van der Waals surface area contributed by atoms with Gasteiger partial charge in [0.25, 0.3) is 5.91 Å². The van der Waals surface area contributed by atoms with E-state index in [1.54, 1.807) is 19.0 Å². The van der Waals surface area contributed by atoms with Crippen LogP contribution in [-0.4, -0.2) is 96.3 Å². The van der Waals surface area contributed by atoms with Crippen molar-refractivity contribution in [2.75, 3.05) is 27.2 Å². The minimum atomic E-state index is -4.69. The number of benzene rings is 1. The summed E-state index contributed by atoms with van der Waals surface area (Å²) < 4.78 is 45.9. The van der Waals surface area contributed by atoms with Crippen molar-refractivity contribution >= 4 is 29.4 Å². The number of amides is 4. The van der Waals surface area contributed by atoms with E-state index in [2.05, 4.69) is 34.4 Å². The molecule has 1 saturated heterocycles. The third-order valence-corrected chi connectivity index (χ3v) is 10.5. The van der Waals surface area contributed by atoms with Crippen molar-refractivity contribution < 1.29 is 41.9 Å². The maximum Gasteiger partial charge on any atom is 0.427 e. The first-order valence-corrected chi connectivity index (χ1v) is 18.7. The topological polar surface area (TPSA) is 149 Å². The molecule has 0 radical (unpaired) electrons. The Morgan fingerprint density at radius 2 is 1.56 bits per heavy atom. The quantitative estimate of drug-likeness (QED) is 0.128. The molecule has 4 atom stereocenters. The van der Waals surface area contributed by atoms with E-state index in [9.17, 15) is 37.1 Å². The van der Waals surface area contributed by atoms with E-state index < -0.39 is 77.8 Å². The normalized spacial score (nSPS) is 19.5. The third kappa shape index (κ3) is 11.2. The first-order chi connectivity index (χ1) is 25.4. The number of likely N-dealkylation sites (N-methyl/N-ethyl adjacent to an activating group) is 1. The van der Waals surface area contributed by atoms with Crippen molar-refractivity contribution in [3.8, 4) is 0 Å². The summed E-state index contributed by atoms with van der Waals surface area (Å²) in [6, 6.07) is 5.47. The van der Waals surface area contributed by atoms with Gasteiger partial charge in [0.1, 0.15) is 12.1 Å². The molecule has 4 N–H and O–H groups in total. The summed E-state index contributed by atoms with van der Waals surface area (Å²) in [6.45, 7) is 9.18. The molecule has 4 amide bonds. The average Bonchev–Trinajstić information content (AvgIpc) is 3.81. The van der Waals surface area contributed by atoms with Crippen LogP contribution < -0.4 is 21.3 Å². The zero-order valence-corrected chi connectivity index (χ0v) is 31.7. The fourth-order valence-electron chi connectivity index (χ4n) is 6.97. The van der Waals surface area contributed by atoms with Crippen LogP contribution in [0, 0.1) is 11.8 Å². The minimum Gasteiger partial charge on any atom is -0.464 e. The summed E-state index contributed by atoms with van der Waals surface area (Å²) in [5.41, 5.74) is -1.17. The molecular weight excluding hydrogens is 705 g/mol. The molecule has 1 aliphatic heterocycles. The van der Waals surface area contributed by atoms with Crippen molar-refractivity contribution in [3.63, 3.8) is 0 Å². The lowest BCUT2D eigenvalue weighted by atomic mass is 9.83. The predicted molar refractivity (Wildman–Crippen MR) is 196 cm³/mol. The van der Waals surface area contributed by atoms with Gasteiger partial charge in [0.15, 0.2) is 11.5 Å². The number of likely N-dealkylation sites (tertiary alicyclic amines) is 1. The highest BCUT2D eigenvalue weighted by atomic mass is 19.4. The fourth-order valence-corrected chi connectivity index (χ4v) is 6.97. The molecule has 12 nitrogen and oxygen atoms in total.